The molecule has 216 valence electrons. The van der Waals surface area contributed by atoms with Crippen LogP contribution in [0.1, 0.15) is 121 Å². The molecular formula is C34H53N3O2. The Labute approximate surface area is 238 Å². The van der Waals surface area contributed by atoms with Crippen molar-refractivity contribution in [1.29, 1.82) is 10.5 Å². The van der Waals surface area contributed by atoms with E-state index in [0.717, 1.165) is 44.9 Å². The molecule has 3 rings (SSSR count). The molecular weight excluding hydrogens is 482 g/mol. The maximum atomic E-state index is 13.3. The van der Waals surface area contributed by atoms with Crippen molar-refractivity contribution in [2.45, 2.75) is 126 Å². The van der Waals surface area contributed by atoms with Gasteiger partial charge in [-0.05, 0) is 91.3 Å². The second-order valence-electron chi connectivity index (χ2n) is 15.9. The van der Waals surface area contributed by atoms with Crippen LogP contribution in [-0.4, -0.2) is 23.7 Å². The van der Waals surface area contributed by atoms with Crippen molar-refractivity contribution in [2.24, 2.45) is 44.8 Å². The highest BCUT2D eigenvalue weighted by atomic mass is 16.1. The van der Waals surface area contributed by atoms with Gasteiger partial charge in [0.15, 0.2) is 5.78 Å². The molecule has 0 amide bonds. The van der Waals surface area contributed by atoms with Gasteiger partial charge >= 0.3 is 0 Å². The second-order valence-corrected chi connectivity index (χ2v) is 15.9. The number of ketones is 2. The minimum Gasteiger partial charge on any atom is -0.300 e. The van der Waals surface area contributed by atoms with Crippen LogP contribution < -0.4 is 5.32 Å². The highest BCUT2D eigenvalue weighted by molar-refractivity contribution is 6.04. The van der Waals surface area contributed by atoms with Gasteiger partial charge in [0.1, 0.15) is 11.9 Å². The van der Waals surface area contributed by atoms with Crippen molar-refractivity contribution in [3.63, 3.8) is 0 Å². The maximum Gasteiger partial charge on any atom is 0.178 e. The summed E-state index contributed by atoms with van der Waals surface area (Å²) in [5.74, 6) is 0.688. The third kappa shape index (κ3) is 5.38. The van der Waals surface area contributed by atoms with Crippen LogP contribution >= 0.6 is 0 Å². The monoisotopic (exact) mass is 535 g/mol. The number of nitrogens with one attached hydrogen (secondary N) is 1. The summed E-state index contributed by atoms with van der Waals surface area (Å²) in [7, 11) is 0. The van der Waals surface area contributed by atoms with Crippen molar-refractivity contribution >= 4 is 11.6 Å². The fourth-order valence-electron chi connectivity index (χ4n) is 9.40. The van der Waals surface area contributed by atoms with Gasteiger partial charge in [0.2, 0.25) is 0 Å². The molecule has 5 heteroatoms. The van der Waals surface area contributed by atoms with Gasteiger partial charge < -0.3 is 4.79 Å². The van der Waals surface area contributed by atoms with Crippen LogP contribution in [0, 0.1) is 67.5 Å². The first kappa shape index (κ1) is 31.5. The normalized spacial score (nSPS) is 37.7. The van der Waals surface area contributed by atoms with Crippen molar-refractivity contribution in [3.8, 4) is 12.1 Å². The lowest BCUT2D eigenvalue weighted by molar-refractivity contribution is -0.156. The second kappa shape index (κ2) is 10.4. The van der Waals surface area contributed by atoms with E-state index in [1.807, 2.05) is 19.9 Å². The molecule has 3 aliphatic rings. The van der Waals surface area contributed by atoms with Gasteiger partial charge in [0, 0.05) is 17.4 Å². The van der Waals surface area contributed by atoms with Gasteiger partial charge in [0.25, 0.3) is 0 Å². The van der Waals surface area contributed by atoms with Crippen LogP contribution in [0.25, 0.3) is 0 Å². The highest BCUT2D eigenvalue weighted by Gasteiger charge is 2.63. The number of nitrogens with zero attached hydrogens (tertiary/aromatic N) is 2. The van der Waals surface area contributed by atoms with Gasteiger partial charge in [0.05, 0.1) is 18.2 Å². The molecule has 39 heavy (non-hydrogen) atoms. The number of hydrogen-bond acceptors (Lipinski definition) is 5. The summed E-state index contributed by atoms with van der Waals surface area (Å²) in [4.78, 5) is 26.1. The summed E-state index contributed by atoms with van der Waals surface area (Å²) in [5.41, 5.74) is -0.807. The zero-order valence-corrected chi connectivity index (χ0v) is 26.4. The van der Waals surface area contributed by atoms with Gasteiger partial charge in [-0.2, -0.15) is 10.5 Å². The molecule has 0 aromatic carbocycles. The Bertz CT molecular complexity index is 1100. The maximum absolute atomic E-state index is 13.3. The first-order valence-corrected chi connectivity index (χ1v) is 15.1. The van der Waals surface area contributed by atoms with Crippen LogP contribution in [-0.2, 0) is 9.59 Å². The van der Waals surface area contributed by atoms with Gasteiger partial charge in [-0.25, -0.2) is 0 Å². The number of carbonyl (C=O) groups excluding carboxylic acids is 2. The fourth-order valence-corrected chi connectivity index (χ4v) is 9.40. The molecule has 0 spiro atoms. The Hall–Kier alpha value is -1.98. The predicted molar refractivity (Wildman–Crippen MR) is 156 cm³/mol. The number of rotatable bonds is 8. The van der Waals surface area contributed by atoms with Gasteiger partial charge in [-0.1, -0.05) is 68.4 Å². The summed E-state index contributed by atoms with van der Waals surface area (Å²) >= 11 is 0. The van der Waals surface area contributed by atoms with Crippen LogP contribution in [0.15, 0.2) is 11.6 Å². The summed E-state index contributed by atoms with van der Waals surface area (Å²) in [6, 6.07) is 4.53. The van der Waals surface area contributed by atoms with Crippen LogP contribution in [0.3, 0.4) is 0 Å². The number of Topliss-reactive ketones (excluding diaryl/α,β-unsaturated/α-hetero) is 2. The Morgan fingerprint density at radius 2 is 1.74 bits per heavy atom. The van der Waals surface area contributed by atoms with E-state index in [4.69, 9.17) is 0 Å². The van der Waals surface area contributed by atoms with E-state index in [1.165, 1.54) is 0 Å². The molecule has 6 atom stereocenters. The summed E-state index contributed by atoms with van der Waals surface area (Å²) in [6.07, 6.45) is 9.59. The zero-order valence-electron chi connectivity index (χ0n) is 26.4. The number of hydrogen-bond donors (Lipinski definition) is 1. The molecule has 2 saturated carbocycles. The van der Waals surface area contributed by atoms with Crippen molar-refractivity contribution in [2.75, 3.05) is 6.54 Å². The molecule has 0 aliphatic heterocycles. The summed E-state index contributed by atoms with van der Waals surface area (Å²) in [6.45, 7) is 22.4. The van der Waals surface area contributed by atoms with Crippen molar-refractivity contribution < 1.29 is 9.59 Å². The standard InChI is InChI=1S/C34H53N3O2/c1-23-20-29(3,4)13-15-34(23,37-18-17-35)16-14-30(5,6)33(10)12-11-26-31(7,8)28(39)25(22-36)21-32(26,9)27(33)19-24(2)38/h21,23,26-27,37H,11-16,18-20H2,1-10H3/t23?,26-,27+,32-,33+,34-/m0/s1. The molecule has 1 unspecified atom stereocenters. The van der Waals surface area contributed by atoms with E-state index in [9.17, 15) is 20.1 Å². The van der Waals surface area contributed by atoms with Crippen LogP contribution in [0.4, 0.5) is 0 Å². The van der Waals surface area contributed by atoms with E-state index in [2.05, 4.69) is 65.9 Å². The van der Waals surface area contributed by atoms with Crippen LogP contribution in [0.5, 0.6) is 0 Å². The SMILES string of the molecule is CC(=O)C[C@@H]1[C@@]2(C)C=C(C#N)C(=O)C(C)(C)[C@@H]2CC[C@@]1(C)C(C)(C)CC[C@@]1(NCC#N)CCC(C)(C)CC1C. The Morgan fingerprint density at radius 1 is 1.10 bits per heavy atom. The molecule has 1 N–H and O–H groups in total. The first-order chi connectivity index (χ1) is 17.8. The van der Waals surface area contributed by atoms with E-state index in [1.54, 1.807) is 6.92 Å². The molecule has 5 nitrogen and oxygen atoms in total. The van der Waals surface area contributed by atoms with Crippen molar-refractivity contribution in [1.82, 2.24) is 5.32 Å². The molecule has 0 aromatic heterocycles. The van der Waals surface area contributed by atoms with Gasteiger partial charge in [-0.15, -0.1) is 0 Å². The number of nitriles is 2. The average molecular weight is 536 g/mol. The van der Waals surface area contributed by atoms with E-state index < -0.39 is 10.8 Å². The smallest absolute Gasteiger partial charge is 0.178 e. The van der Waals surface area contributed by atoms with E-state index in [0.29, 0.717) is 24.3 Å². The molecule has 3 aliphatic carbocycles. The fraction of sp³-hybridized carbons (Fsp3) is 0.824. The molecule has 0 heterocycles. The zero-order chi connectivity index (χ0) is 29.7. The topological polar surface area (TPSA) is 93.8 Å². The average Bonchev–Trinajstić information content (AvgIpc) is 2.82. The highest BCUT2D eigenvalue weighted by Crippen LogP contribution is 2.68. The Kier molecular flexibility index (Phi) is 8.45. The summed E-state index contributed by atoms with van der Waals surface area (Å²) in [5, 5.41) is 23.0. The molecule has 0 bridgehead atoms. The van der Waals surface area contributed by atoms with Gasteiger partial charge in [-0.3, -0.25) is 10.1 Å². The Balaban J connectivity index is 2.02. The van der Waals surface area contributed by atoms with E-state index >= 15 is 0 Å². The quantitative estimate of drug-likeness (QED) is 0.324. The molecule has 2 fully saturated rings. The lowest BCUT2D eigenvalue weighted by Crippen LogP contribution is -2.60. The number of carbonyl (C=O) groups is 2. The lowest BCUT2D eigenvalue weighted by Gasteiger charge is -2.64. The molecule has 0 aromatic rings. The first-order valence-electron chi connectivity index (χ1n) is 15.1. The lowest BCUT2D eigenvalue weighted by atomic mass is 9.39. The predicted octanol–water partition coefficient (Wildman–Crippen LogP) is 7.57. The number of fused-ring (bicyclic) bond motifs is 1. The largest absolute Gasteiger partial charge is 0.300 e. The third-order valence-corrected chi connectivity index (χ3v) is 12.3. The third-order valence-electron chi connectivity index (χ3n) is 12.3. The number of allylic oxidation sites excluding steroid dienone is 2. The van der Waals surface area contributed by atoms with E-state index in [-0.39, 0.29) is 45.3 Å². The molecule has 0 radical (unpaired) electrons. The minimum absolute atomic E-state index is 0.0257. The summed E-state index contributed by atoms with van der Waals surface area (Å²) < 4.78 is 0. The minimum atomic E-state index is -0.634. The molecule has 0 saturated heterocycles. The Morgan fingerprint density at radius 3 is 2.28 bits per heavy atom. The van der Waals surface area contributed by atoms with Crippen LogP contribution in [0.2, 0.25) is 0 Å². The van der Waals surface area contributed by atoms with Crippen molar-refractivity contribution in [3.05, 3.63) is 11.6 Å².